The number of benzene rings is 3. The first kappa shape index (κ1) is 33.7. The van der Waals surface area contributed by atoms with Gasteiger partial charge in [0, 0.05) is 41.5 Å². The van der Waals surface area contributed by atoms with Crippen LogP contribution in [-0.2, 0) is 32.6 Å². The number of carbonyl (C=O) groups is 2. The Morgan fingerprint density at radius 3 is 2.14 bits per heavy atom. The van der Waals surface area contributed by atoms with Crippen molar-refractivity contribution in [2.45, 2.75) is 58.2 Å². The van der Waals surface area contributed by atoms with Crippen molar-refractivity contribution in [2.75, 3.05) is 17.1 Å². The number of hydrogen-bond donors (Lipinski definition) is 1. The minimum Gasteiger partial charge on any atom is -0.350 e. The fourth-order valence-electron chi connectivity index (χ4n) is 4.50. The number of rotatable bonds is 12. The van der Waals surface area contributed by atoms with E-state index in [2.05, 4.69) is 5.32 Å². The van der Waals surface area contributed by atoms with Crippen LogP contribution in [0, 0.1) is 0 Å². The maximum absolute atomic E-state index is 13.9. The monoisotopic (exact) mass is 651 g/mol. The number of sulfonamides is 1. The van der Waals surface area contributed by atoms with E-state index in [0.717, 1.165) is 21.7 Å². The van der Waals surface area contributed by atoms with Crippen molar-refractivity contribution in [3.63, 3.8) is 0 Å². The molecule has 2 amide bonds. The van der Waals surface area contributed by atoms with Gasteiger partial charge in [-0.2, -0.15) is 0 Å². The van der Waals surface area contributed by atoms with Crippen molar-refractivity contribution in [1.82, 2.24) is 10.2 Å². The van der Waals surface area contributed by atoms with Crippen LogP contribution in [0.15, 0.2) is 72.8 Å². The summed E-state index contributed by atoms with van der Waals surface area (Å²) < 4.78 is 26.5. The number of nitrogens with zero attached hydrogens (tertiary/aromatic N) is 2. The highest BCUT2D eigenvalue weighted by Gasteiger charge is 2.32. The SMILES string of the molecule is CC(C)(C)NC(=O)[C@@H](Cc1ccccc1)N(Cc1cccc(Cl)c1)C(=O)CCCN(c1cc(Cl)ccc1Cl)S(C)(=O)=O. The van der Waals surface area contributed by atoms with Crippen LogP contribution in [0.3, 0.4) is 0 Å². The molecule has 0 saturated heterocycles. The van der Waals surface area contributed by atoms with Crippen molar-refractivity contribution in [3.05, 3.63) is 99.0 Å². The maximum atomic E-state index is 13.9. The summed E-state index contributed by atoms with van der Waals surface area (Å²) in [6, 6.07) is 20.4. The highest BCUT2D eigenvalue weighted by atomic mass is 35.5. The van der Waals surface area contributed by atoms with Gasteiger partial charge >= 0.3 is 0 Å². The van der Waals surface area contributed by atoms with Crippen LogP contribution in [0.4, 0.5) is 5.69 Å². The zero-order valence-corrected chi connectivity index (χ0v) is 27.2. The highest BCUT2D eigenvalue weighted by Crippen LogP contribution is 2.31. The summed E-state index contributed by atoms with van der Waals surface area (Å²) >= 11 is 18.7. The number of carbonyl (C=O) groups excluding carboxylic acids is 2. The minimum atomic E-state index is -3.73. The molecule has 0 bridgehead atoms. The van der Waals surface area contributed by atoms with Gasteiger partial charge in [0.15, 0.2) is 0 Å². The maximum Gasteiger partial charge on any atom is 0.243 e. The van der Waals surface area contributed by atoms with Crippen LogP contribution < -0.4 is 9.62 Å². The topological polar surface area (TPSA) is 86.8 Å². The molecule has 0 aromatic heterocycles. The van der Waals surface area contributed by atoms with E-state index in [4.69, 9.17) is 34.8 Å². The third-order valence-electron chi connectivity index (χ3n) is 6.34. The van der Waals surface area contributed by atoms with Gasteiger partial charge in [0.25, 0.3) is 0 Å². The van der Waals surface area contributed by atoms with E-state index in [-0.39, 0.29) is 48.5 Å². The molecule has 0 aliphatic heterocycles. The number of hydrogen-bond acceptors (Lipinski definition) is 4. The molecule has 3 aromatic rings. The first-order valence-electron chi connectivity index (χ1n) is 13.5. The van der Waals surface area contributed by atoms with Gasteiger partial charge in [0.05, 0.1) is 17.0 Å². The van der Waals surface area contributed by atoms with Crippen LogP contribution in [-0.4, -0.2) is 49.5 Å². The van der Waals surface area contributed by atoms with Gasteiger partial charge in [-0.05, 0) is 68.7 Å². The summed E-state index contributed by atoms with van der Waals surface area (Å²) in [6.07, 6.45) is 1.53. The van der Waals surface area contributed by atoms with E-state index < -0.39 is 21.6 Å². The minimum absolute atomic E-state index is 0.00677. The molecular formula is C31H36Cl3N3O4S. The second-order valence-electron chi connectivity index (χ2n) is 11.1. The Bertz CT molecular complexity index is 1490. The average molecular weight is 653 g/mol. The normalized spacial score (nSPS) is 12.5. The van der Waals surface area contributed by atoms with Crippen molar-refractivity contribution in [2.24, 2.45) is 0 Å². The summed E-state index contributed by atoms with van der Waals surface area (Å²) in [5.74, 6) is -0.587. The molecule has 7 nitrogen and oxygen atoms in total. The third kappa shape index (κ3) is 10.2. The molecule has 226 valence electrons. The van der Waals surface area contributed by atoms with Crippen molar-refractivity contribution < 1.29 is 18.0 Å². The quantitative estimate of drug-likeness (QED) is 0.235. The molecule has 0 aliphatic carbocycles. The van der Waals surface area contributed by atoms with Gasteiger partial charge in [0.1, 0.15) is 6.04 Å². The molecule has 3 aromatic carbocycles. The Hall–Kier alpha value is -2.78. The zero-order chi connectivity index (χ0) is 31.1. The van der Waals surface area contributed by atoms with Crippen LogP contribution >= 0.6 is 34.8 Å². The van der Waals surface area contributed by atoms with Crippen molar-refractivity contribution in [1.29, 1.82) is 0 Å². The van der Waals surface area contributed by atoms with E-state index in [1.165, 1.54) is 12.1 Å². The molecule has 0 aliphatic rings. The van der Waals surface area contributed by atoms with Crippen LogP contribution in [0.2, 0.25) is 15.1 Å². The third-order valence-corrected chi connectivity index (χ3v) is 8.31. The summed E-state index contributed by atoms with van der Waals surface area (Å²) in [6.45, 7) is 5.79. The number of nitrogens with one attached hydrogen (secondary N) is 1. The summed E-state index contributed by atoms with van der Waals surface area (Å²) in [7, 11) is -3.73. The van der Waals surface area contributed by atoms with E-state index in [1.807, 2.05) is 57.2 Å². The van der Waals surface area contributed by atoms with Gasteiger partial charge in [-0.25, -0.2) is 8.42 Å². The van der Waals surface area contributed by atoms with E-state index in [9.17, 15) is 18.0 Å². The summed E-state index contributed by atoms with van der Waals surface area (Å²) in [5, 5.41) is 4.10. The lowest BCUT2D eigenvalue weighted by Gasteiger charge is -2.34. The molecule has 1 atom stereocenters. The molecule has 0 saturated carbocycles. The summed E-state index contributed by atoms with van der Waals surface area (Å²) in [4.78, 5) is 29.2. The predicted molar refractivity (Wildman–Crippen MR) is 172 cm³/mol. The second-order valence-corrected chi connectivity index (χ2v) is 14.3. The van der Waals surface area contributed by atoms with Crippen molar-refractivity contribution in [3.8, 4) is 0 Å². The molecular weight excluding hydrogens is 617 g/mol. The molecule has 3 rings (SSSR count). The lowest BCUT2D eigenvalue weighted by Crippen LogP contribution is -2.54. The number of anilines is 1. The van der Waals surface area contributed by atoms with E-state index >= 15 is 0 Å². The van der Waals surface area contributed by atoms with Crippen LogP contribution in [0.1, 0.15) is 44.7 Å². The molecule has 0 spiro atoms. The van der Waals surface area contributed by atoms with Gasteiger partial charge in [-0.1, -0.05) is 77.3 Å². The molecule has 11 heteroatoms. The molecule has 1 N–H and O–H groups in total. The van der Waals surface area contributed by atoms with Gasteiger partial charge in [0.2, 0.25) is 21.8 Å². The second kappa shape index (κ2) is 14.6. The van der Waals surface area contributed by atoms with Gasteiger partial charge in [-0.3, -0.25) is 13.9 Å². The number of amides is 2. The summed E-state index contributed by atoms with van der Waals surface area (Å²) in [5.41, 5.74) is 1.37. The fourth-order valence-corrected chi connectivity index (χ4v) is 6.12. The van der Waals surface area contributed by atoms with Crippen molar-refractivity contribution >= 4 is 62.3 Å². The smallest absolute Gasteiger partial charge is 0.243 e. The highest BCUT2D eigenvalue weighted by molar-refractivity contribution is 7.92. The standard InChI is InChI=1S/C31H36Cl3N3O4S/c1-31(2,3)35-30(39)28(19-22-10-6-5-7-11-22)36(21-23-12-8-13-24(32)18-23)29(38)14-9-17-37(42(4,40)41)27-20-25(33)15-16-26(27)34/h5-8,10-13,15-16,18,20,28H,9,14,17,19,21H2,1-4H3,(H,35,39)/t28-/m1/s1. The lowest BCUT2D eigenvalue weighted by atomic mass is 10.00. The first-order valence-corrected chi connectivity index (χ1v) is 16.4. The Morgan fingerprint density at radius 2 is 1.52 bits per heavy atom. The zero-order valence-electron chi connectivity index (χ0n) is 24.1. The Morgan fingerprint density at radius 1 is 0.881 bits per heavy atom. The fraction of sp³-hybridized carbons (Fsp3) is 0.355. The molecule has 0 radical (unpaired) electrons. The molecule has 0 heterocycles. The van der Waals surface area contributed by atoms with Crippen LogP contribution in [0.25, 0.3) is 0 Å². The first-order chi connectivity index (χ1) is 19.6. The lowest BCUT2D eigenvalue weighted by molar-refractivity contribution is -0.142. The van der Waals surface area contributed by atoms with Gasteiger partial charge in [-0.15, -0.1) is 0 Å². The Kier molecular flexibility index (Phi) is 11.7. The largest absolute Gasteiger partial charge is 0.350 e. The number of halogens is 3. The van der Waals surface area contributed by atoms with E-state index in [1.54, 1.807) is 29.2 Å². The predicted octanol–water partition coefficient (Wildman–Crippen LogP) is 6.75. The molecule has 0 unspecified atom stereocenters. The Labute approximate surface area is 263 Å². The van der Waals surface area contributed by atoms with Gasteiger partial charge < -0.3 is 10.2 Å². The molecule has 42 heavy (non-hydrogen) atoms. The van der Waals surface area contributed by atoms with Crippen LogP contribution in [0.5, 0.6) is 0 Å². The van der Waals surface area contributed by atoms with E-state index in [0.29, 0.717) is 16.5 Å². The Balaban J connectivity index is 1.92. The molecule has 0 fully saturated rings. The average Bonchev–Trinajstić information content (AvgIpc) is 2.89.